The van der Waals surface area contributed by atoms with Crippen LogP contribution in [0.15, 0.2) is 22.8 Å². The number of hydrogen-bond acceptors (Lipinski definition) is 4. The lowest BCUT2D eigenvalue weighted by Gasteiger charge is -2.47. The van der Waals surface area contributed by atoms with Gasteiger partial charge in [0.25, 0.3) is 0 Å². The fraction of sp³-hybridized carbons (Fsp3) is 0.826. The molecule has 1 N–H and O–H groups in total. The lowest BCUT2D eigenvalue weighted by atomic mass is 9.73. The minimum Gasteiger partial charge on any atom is -0.469 e. The van der Waals surface area contributed by atoms with Crippen molar-refractivity contribution in [3.05, 3.63) is 24.2 Å². The number of nitrogens with zero attached hydrogens (tertiary/aromatic N) is 1. The zero-order valence-electron chi connectivity index (χ0n) is 17.9. The van der Waals surface area contributed by atoms with Crippen molar-refractivity contribution in [2.45, 2.75) is 71.3 Å². The summed E-state index contributed by atoms with van der Waals surface area (Å²) in [5.74, 6) is 2.22. The number of furan rings is 1. The predicted molar refractivity (Wildman–Crippen MR) is 111 cm³/mol. The minimum absolute atomic E-state index is 0.00566. The summed E-state index contributed by atoms with van der Waals surface area (Å²) in [6.07, 6.45) is 7.98. The molecule has 2 unspecified atom stereocenters. The lowest BCUT2D eigenvalue weighted by molar-refractivity contribution is -0.110. The van der Waals surface area contributed by atoms with Gasteiger partial charge in [-0.3, -0.25) is 0 Å². The van der Waals surface area contributed by atoms with Gasteiger partial charge in [0.2, 0.25) is 0 Å². The number of hydrogen-bond donors (Lipinski definition) is 1. The van der Waals surface area contributed by atoms with Crippen molar-refractivity contribution >= 4 is 0 Å². The standard InChI is InChI=1S/C23H40N2O2/c1-19(2)20(21-8-7-14-26-21)9-11-24-17-23(18-25-12-5-6-13-25)10-15-27-22(3,4)16-23/h7-8,14,19-20,24H,5-6,9-13,15-18H2,1-4H3. The molecular weight excluding hydrogens is 336 g/mol. The van der Waals surface area contributed by atoms with Crippen molar-refractivity contribution in [2.24, 2.45) is 11.3 Å². The Bertz CT molecular complexity index is 549. The second-order valence-corrected chi connectivity index (χ2v) is 9.85. The summed E-state index contributed by atoms with van der Waals surface area (Å²) in [6, 6.07) is 4.13. The van der Waals surface area contributed by atoms with E-state index < -0.39 is 0 Å². The van der Waals surface area contributed by atoms with E-state index in [9.17, 15) is 0 Å². The maximum atomic E-state index is 6.05. The largest absolute Gasteiger partial charge is 0.469 e. The third kappa shape index (κ3) is 5.82. The number of ether oxygens (including phenoxy) is 1. The molecule has 2 aliphatic heterocycles. The van der Waals surface area contributed by atoms with Gasteiger partial charge in [0.15, 0.2) is 0 Å². The fourth-order valence-corrected chi connectivity index (χ4v) is 5.26. The van der Waals surface area contributed by atoms with Gasteiger partial charge in [0.05, 0.1) is 11.9 Å². The van der Waals surface area contributed by atoms with Crippen LogP contribution in [0, 0.1) is 11.3 Å². The van der Waals surface area contributed by atoms with Crippen LogP contribution in [-0.2, 0) is 4.74 Å². The summed E-state index contributed by atoms with van der Waals surface area (Å²) in [7, 11) is 0. The summed E-state index contributed by atoms with van der Waals surface area (Å²) in [5, 5.41) is 3.83. The monoisotopic (exact) mass is 376 g/mol. The van der Waals surface area contributed by atoms with Crippen LogP contribution in [0.3, 0.4) is 0 Å². The Balaban J connectivity index is 1.56. The molecule has 2 atom stereocenters. The highest BCUT2D eigenvalue weighted by Gasteiger charge is 2.42. The average molecular weight is 377 g/mol. The quantitative estimate of drug-likeness (QED) is 0.636. The number of nitrogens with one attached hydrogen (secondary N) is 1. The lowest BCUT2D eigenvalue weighted by Crippen LogP contribution is -2.51. The van der Waals surface area contributed by atoms with Crippen LogP contribution < -0.4 is 5.32 Å². The second-order valence-electron chi connectivity index (χ2n) is 9.85. The SMILES string of the molecule is CC(C)C(CCNCC1(CN2CCCC2)CCOC(C)(C)C1)c1ccco1. The molecule has 27 heavy (non-hydrogen) atoms. The van der Waals surface area contributed by atoms with Crippen LogP contribution in [0.25, 0.3) is 0 Å². The van der Waals surface area contributed by atoms with Gasteiger partial charge in [-0.1, -0.05) is 13.8 Å². The topological polar surface area (TPSA) is 37.6 Å². The van der Waals surface area contributed by atoms with Crippen molar-refractivity contribution in [1.29, 1.82) is 0 Å². The van der Waals surface area contributed by atoms with E-state index in [0.29, 0.717) is 17.3 Å². The molecule has 4 heteroatoms. The fourth-order valence-electron chi connectivity index (χ4n) is 5.26. The highest BCUT2D eigenvalue weighted by molar-refractivity contribution is 5.06. The Morgan fingerprint density at radius 3 is 2.63 bits per heavy atom. The first-order valence-corrected chi connectivity index (χ1v) is 11.0. The van der Waals surface area contributed by atoms with Crippen LogP contribution >= 0.6 is 0 Å². The molecule has 2 saturated heterocycles. The molecule has 0 amide bonds. The van der Waals surface area contributed by atoms with E-state index in [1.807, 2.05) is 6.07 Å². The van der Waals surface area contributed by atoms with Crippen molar-refractivity contribution in [3.63, 3.8) is 0 Å². The molecule has 0 aliphatic carbocycles. The van der Waals surface area contributed by atoms with Crippen LogP contribution in [0.5, 0.6) is 0 Å². The van der Waals surface area contributed by atoms with E-state index in [1.165, 1.54) is 38.9 Å². The van der Waals surface area contributed by atoms with Crippen LogP contribution in [0.1, 0.15) is 71.5 Å². The molecule has 4 nitrogen and oxygen atoms in total. The van der Waals surface area contributed by atoms with Gasteiger partial charge < -0.3 is 19.4 Å². The summed E-state index contributed by atoms with van der Waals surface area (Å²) in [6.45, 7) is 15.9. The maximum absolute atomic E-state index is 6.05. The average Bonchev–Trinajstić information content (AvgIpc) is 3.27. The van der Waals surface area contributed by atoms with Gasteiger partial charge in [0.1, 0.15) is 5.76 Å². The van der Waals surface area contributed by atoms with E-state index in [2.05, 4.69) is 44.0 Å². The first kappa shape index (κ1) is 20.9. The molecule has 0 saturated carbocycles. The number of likely N-dealkylation sites (tertiary alicyclic amines) is 1. The van der Waals surface area contributed by atoms with E-state index in [4.69, 9.17) is 9.15 Å². The highest BCUT2D eigenvalue weighted by atomic mass is 16.5. The molecule has 1 aromatic heterocycles. The first-order chi connectivity index (χ1) is 12.9. The first-order valence-electron chi connectivity index (χ1n) is 11.0. The molecular formula is C23H40N2O2. The predicted octanol–water partition coefficient (Wildman–Crippen LogP) is 4.67. The molecule has 3 heterocycles. The Kier molecular flexibility index (Phi) is 7.04. The van der Waals surface area contributed by atoms with E-state index in [-0.39, 0.29) is 5.60 Å². The van der Waals surface area contributed by atoms with Gasteiger partial charge >= 0.3 is 0 Å². The highest BCUT2D eigenvalue weighted by Crippen LogP contribution is 2.40. The van der Waals surface area contributed by atoms with Crippen LogP contribution in [0.4, 0.5) is 0 Å². The molecule has 0 aromatic carbocycles. The molecule has 0 radical (unpaired) electrons. The van der Waals surface area contributed by atoms with E-state index >= 15 is 0 Å². The molecule has 2 aliphatic rings. The number of rotatable bonds is 9. The van der Waals surface area contributed by atoms with Crippen molar-refractivity contribution < 1.29 is 9.15 Å². The zero-order chi connectivity index (χ0) is 19.3. The van der Waals surface area contributed by atoms with Gasteiger partial charge in [-0.25, -0.2) is 0 Å². The van der Waals surface area contributed by atoms with Gasteiger partial charge in [-0.05, 0) is 83.6 Å². The molecule has 2 fully saturated rings. The summed E-state index contributed by atoms with van der Waals surface area (Å²) in [5.41, 5.74) is 0.332. The second kappa shape index (κ2) is 9.11. The molecule has 1 aromatic rings. The van der Waals surface area contributed by atoms with Gasteiger partial charge in [-0.2, -0.15) is 0 Å². The molecule has 154 valence electrons. The van der Waals surface area contributed by atoms with E-state index in [1.54, 1.807) is 6.26 Å². The van der Waals surface area contributed by atoms with Crippen molar-refractivity contribution in [3.8, 4) is 0 Å². The molecule has 3 rings (SSSR count). The summed E-state index contributed by atoms with van der Waals surface area (Å²) >= 11 is 0. The third-order valence-corrected chi connectivity index (χ3v) is 6.53. The molecule has 0 bridgehead atoms. The van der Waals surface area contributed by atoms with E-state index in [0.717, 1.165) is 38.3 Å². The Labute approximate surface area is 166 Å². The van der Waals surface area contributed by atoms with Crippen molar-refractivity contribution in [2.75, 3.05) is 39.3 Å². The normalized spacial score (nSPS) is 27.3. The third-order valence-electron chi connectivity index (χ3n) is 6.53. The Hall–Kier alpha value is -0.840. The molecule has 0 spiro atoms. The smallest absolute Gasteiger partial charge is 0.107 e. The Morgan fingerprint density at radius 2 is 2.00 bits per heavy atom. The Morgan fingerprint density at radius 1 is 1.22 bits per heavy atom. The van der Waals surface area contributed by atoms with Crippen LogP contribution in [-0.4, -0.2) is 49.8 Å². The van der Waals surface area contributed by atoms with Gasteiger partial charge in [-0.15, -0.1) is 0 Å². The minimum atomic E-state index is -0.00566. The van der Waals surface area contributed by atoms with Gasteiger partial charge in [0, 0.05) is 31.0 Å². The maximum Gasteiger partial charge on any atom is 0.107 e. The summed E-state index contributed by atoms with van der Waals surface area (Å²) < 4.78 is 11.7. The van der Waals surface area contributed by atoms with Crippen LogP contribution in [0.2, 0.25) is 0 Å². The van der Waals surface area contributed by atoms with Crippen molar-refractivity contribution in [1.82, 2.24) is 10.2 Å². The zero-order valence-corrected chi connectivity index (χ0v) is 17.9. The summed E-state index contributed by atoms with van der Waals surface area (Å²) in [4.78, 5) is 2.68.